The van der Waals surface area contributed by atoms with Gasteiger partial charge in [-0.05, 0) is 31.2 Å². The predicted molar refractivity (Wildman–Crippen MR) is 97.7 cm³/mol. The maximum absolute atomic E-state index is 14.8. The van der Waals surface area contributed by atoms with Crippen molar-refractivity contribution in [1.29, 1.82) is 0 Å². The molecule has 0 amide bonds. The molecule has 5 nitrogen and oxygen atoms in total. The predicted octanol–water partition coefficient (Wildman–Crippen LogP) is 3.68. The van der Waals surface area contributed by atoms with Crippen molar-refractivity contribution < 1.29 is 17.6 Å². The first-order chi connectivity index (χ1) is 13.2. The minimum absolute atomic E-state index is 0.122. The van der Waals surface area contributed by atoms with Gasteiger partial charge >= 0.3 is 6.18 Å². The summed E-state index contributed by atoms with van der Waals surface area (Å²) in [6, 6.07) is 7.85. The van der Waals surface area contributed by atoms with Gasteiger partial charge in [0.15, 0.2) is 5.65 Å². The summed E-state index contributed by atoms with van der Waals surface area (Å²) in [5, 5.41) is 4.50. The lowest BCUT2D eigenvalue weighted by Gasteiger charge is -2.24. The number of halogens is 4. The summed E-state index contributed by atoms with van der Waals surface area (Å²) in [5.41, 5.74) is 4.81. The lowest BCUT2D eigenvalue weighted by Crippen LogP contribution is -2.44. The van der Waals surface area contributed by atoms with E-state index in [1.54, 1.807) is 30.0 Å². The molecule has 4 rings (SSSR count). The van der Waals surface area contributed by atoms with Crippen LogP contribution >= 0.6 is 0 Å². The van der Waals surface area contributed by atoms with Crippen molar-refractivity contribution in [1.82, 2.24) is 14.6 Å². The van der Waals surface area contributed by atoms with Crippen LogP contribution in [0.2, 0.25) is 0 Å². The van der Waals surface area contributed by atoms with Crippen molar-refractivity contribution >= 4 is 11.5 Å². The molecule has 0 spiro atoms. The fourth-order valence-electron chi connectivity index (χ4n) is 3.45. The number of aromatic nitrogens is 3. The summed E-state index contributed by atoms with van der Waals surface area (Å²) in [5.74, 6) is 0.527. The Labute approximate surface area is 158 Å². The van der Waals surface area contributed by atoms with Gasteiger partial charge in [-0.15, -0.1) is 5.10 Å². The number of imidazole rings is 1. The Morgan fingerprint density at radius 1 is 1.21 bits per heavy atom. The number of hydrogen-bond acceptors (Lipinski definition) is 4. The second-order valence-electron chi connectivity index (χ2n) is 7.18. The maximum Gasteiger partial charge on any atom is 0.416 e. The zero-order chi connectivity index (χ0) is 20.1. The van der Waals surface area contributed by atoms with Crippen LogP contribution in [0, 0.1) is 0 Å². The molecule has 1 aliphatic heterocycles. The number of hydrogen-bond donors (Lipinski definition) is 1. The van der Waals surface area contributed by atoms with E-state index in [1.165, 1.54) is 16.8 Å². The van der Waals surface area contributed by atoms with E-state index in [1.807, 2.05) is 0 Å². The maximum atomic E-state index is 14.8. The van der Waals surface area contributed by atoms with Gasteiger partial charge in [0.05, 0.1) is 24.0 Å². The van der Waals surface area contributed by atoms with Gasteiger partial charge in [0.2, 0.25) is 0 Å². The lowest BCUT2D eigenvalue weighted by atomic mass is 9.98. The van der Waals surface area contributed by atoms with Crippen LogP contribution < -0.4 is 10.6 Å². The lowest BCUT2D eigenvalue weighted by molar-refractivity contribution is -0.137. The first kappa shape index (κ1) is 18.7. The summed E-state index contributed by atoms with van der Waals surface area (Å²) < 4.78 is 55.4. The molecule has 0 radical (unpaired) electrons. The fraction of sp³-hybridized carbons (Fsp3) is 0.368. The van der Waals surface area contributed by atoms with E-state index in [-0.39, 0.29) is 6.54 Å². The van der Waals surface area contributed by atoms with Crippen LogP contribution in [-0.4, -0.2) is 39.4 Å². The minimum atomic E-state index is -4.44. The first-order valence-corrected chi connectivity index (χ1v) is 8.89. The van der Waals surface area contributed by atoms with Gasteiger partial charge in [0.25, 0.3) is 0 Å². The normalized spacial score (nSPS) is 21.4. The van der Waals surface area contributed by atoms with Crippen molar-refractivity contribution in [2.24, 2.45) is 5.73 Å². The Hall–Kier alpha value is -2.68. The number of rotatable bonds is 3. The average Bonchev–Trinajstić information content (AvgIpc) is 3.25. The van der Waals surface area contributed by atoms with Crippen LogP contribution in [0.5, 0.6) is 0 Å². The van der Waals surface area contributed by atoms with Crippen LogP contribution in [-0.2, 0) is 6.18 Å². The van der Waals surface area contributed by atoms with Gasteiger partial charge in [0.1, 0.15) is 11.5 Å². The molecule has 2 N–H and O–H groups in total. The molecule has 1 aromatic carbocycles. The molecule has 1 fully saturated rings. The molecule has 3 aromatic rings. The Balaban J connectivity index is 1.72. The standard InChI is InChI=1S/C19H19F4N5/c1-12(24)18(20)7-8-27(11-18)17-6-5-16-25-10-15(28(16)26-17)13-3-2-4-14(9-13)19(21,22)23/h2-6,9-10,12H,7-8,11,24H2,1H3. The molecule has 1 aliphatic rings. The Bertz CT molecular complexity index is 1010. The Morgan fingerprint density at radius 2 is 2.00 bits per heavy atom. The van der Waals surface area contributed by atoms with E-state index in [0.717, 1.165) is 12.1 Å². The van der Waals surface area contributed by atoms with Gasteiger partial charge in [0, 0.05) is 24.6 Å². The molecule has 2 unspecified atom stereocenters. The highest BCUT2D eigenvalue weighted by atomic mass is 19.4. The monoisotopic (exact) mass is 393 g/mol. The highest BCUT2D eigenvalue weighted by Crippen LogP contribution is 2.33. The van der Waals surface area contributed by atoms with E-state index < -0.39 is 23.5 Å². The zero-order valence-corrected chi connectivity index (χ0v) is 15.1. The third-order valence-corrected chi connectivity index (χ3v) is 5.22. The number of benzene rings is 1. The molecule has 0 aliphatic carbocycles. The molecule has 0 bridgehead atoms. The second kappa shape index (κ2) is 6.44. The molecule has 2 atom stereocenters. The minimum Gasteiger partial charge on any atom is -0.352 e. The molecule has 28 heavy (non-hydrogen) atoms. The van der Waals surface area contributed by atoms with Crippen LogP contribution in [0.15, 0.2) is 42.6 Å². The summed E-state index contributed by atoms with van der Waals surface area (Å²) >= 11 is 0. The molecule has 148 valence electrons. The fourth-order valence-corrected chi connectivity index (χ4v) is 3.45. The molecule has 0 saturated carbocycles. The van der Waals surface area contributed by atoms with Gasteiger partial charge in [-0.3, -0.25) is 0 Å². The van der Waals surface area contributed by atoms with Crippen LogP contribution in [0.3, 0.4) is 0 Å². The summed E-state index contributed by atoms with van der Waals surface area (Å²) in [6.45, 7) is 2.22. The Kier molecular flexibility index (Phi) is 4.29. The zero-order valence-electron chi connectivity index (χ0n) is 15.1. The van der Waals surface area contributed by atoms with E-state index in [4.69, 9.17) is 5.73 Å². The van der Waals surface area contributed by atoms with Gasteiger partial charge in [-0.2, -0.15) is 13.2 Å². The smallest absolute Gasteiger partial charge is 0.352 e. The molecular formula is C19H19F4N5. The van der Waals surface area contributed by atoms with Gasteiger partial charge in [-0.25, -0.2) is 13.9 Å². The SMILES string of the molecule is CC(N)C1(F)CCN(c2ccc3ncc(-c4cccc(C(F)(F)F)c4)n3n2)C1. The number of alkyl halides is 4. The van der Waals surface area contributed by atoms with Crippen LogP contribution in [0.4, 0.5) is 23.4 Å². The second-order valence-corrected chi connectivity index (χ2v) is 7.18. The summed E-state index contributed by atoms with van der Waals surface area (Å²) in [7, 11) is 0. The summed E-state index contributed by atoms with van der Waals surface area (Å²) in [4.78, 5) is 6.01. The third kappa shape index (κ3) is 3.19. The van der Waals surface area contributed by atoms with E-state index >= 15 is 0 Å². The number of fused-ring (bicyclic) bond motifs is 1. The topological polar surface area (TPSA) is 59.5 Å². The van der Waals surface area contributed by atoms with Crippen LogP contribution in [0.25, 0.3) is 16.9 Å². The summed E-state index contributed by atoms with van der Waals surface area (Å²) in [6.07, 6.45) is -2.66. The molecule has 1 saturated heterocycles. The van der Waals surface area contributed by atoms with E-state index in [9.17, 15) is 17.6 Å². The van der Waals surface area contributed by atoms with Gasteiger partial charge in [-0.1, -0.05) is 12.1 Å². The first-order valence-electron chi connectivity index (χ1n) is 8.89. The van der Waals surface area contributed by atoms with E-state index in [0.29, 0.717) is 35.7 Å². The molecule has 2 aromatic heterocycles. The molecule has 3 heterocycles. The molecule has 9 heteroatoms. The highest BCUT2D eigenvalue weighted by molar-refractivity contribution is 5.64. The van der Waals surface area contributed by atoms with Gasteiger partial charge < -0.3 is 10.6 Å². The quantitative estimate of drug-likeness (QED) is 0.690. The average molecular weight is 393 g/mol. The van der Waals surface area contributed by atoms with Crippen LogP contribution in [0.1, 0.15) is 18.9 Å². The number of nitrogens with zero attached hydrogens (tertiary/aromatic N) is 4. The highest BCUT2D eigenvalue weighted by Gasteiger charge is 2.42. The van der Waals surface area contributed by atoms with Crippen molar-refractivity contribution in [2.75, 3.05) is 18.0 Å². The van der Waals surface area contributed by atoms with Crippen molar-refractivity contribution in [3.63, 3.8) is 0 Å². The van der Waals surface area contributed by atoms with Crippen molar-refractivity contribution in [2.45, 2.75) is 31.2 Å². The van der Waals surface area contributed by atoms with E-state index in [2.05, 4.69) is 10.1 Å². The van der Waals surface area contributed by atoms with Crippen molar-refractivity contribution in [3.8, 4) is 11.3 Å². The number of nitrogens with two attached hydrogens (primary N) is 1. The Morgan fingerprint density at radius 3 is 2.68 bits per heavy atom. The third-order valence-electron chi connectivity index (χ3n) is 5.22. The largest absolute Gasteiger partial charge is 0.416 e. The molecular weight excluding hydrogens is 374 g/mol. The number of anilines is 1. The van der Waals surface area contributed by atoms with Crippen molar-refractivity contribution in [3.05, 3.63) is 48.2 Å².